The molecule has 7 nitrogen and oxygen atoms in total. The maximum Gasteiger partial charge on any atom is 0.325 e. The molecule has 0 bridgehead atoms. The second-order valence-electron chi connectivity index (χ2n) is 7.21. The summed E-state index contributed by atoms with van der Waals surface area (Å²) in [5, 5.41) is 5.45. The number of nitrogens with zero attached hydrogens (tertiary/aromatic N) is 1. The summed E-state index contributed by atoms with van der Waals surface area (Å²) in [7, 11) is 1.59. The van der Waals surface area contributed by atoms with Gasteiger partial charge in [0.05, 0.1) is 7.11 Å². The number of carbonyl (C=O) groups excluding carboxylic acids is 3. The molecule has 1 aliphatic rings. The van der Waals surface area contributed by atoms with Crippen LogP contribution in [0.4, 0.5) is 4.79 Å². The third kappa shape index (κ3) is 4.74. The Morgan fingerprint density at radius 1 is 1.27 bits per heavy atom. The van der Waals surface area contributed by atoms with Crippen molar-refractivity contribution in [2.24, 2.45) is 5.92 Å². The predicted molar refractivity (Wildman–Crippen MR) is 97.6 cm³/mol. The van der Waals surface area contributed by atoms with Gasteiger partial charge in [-0.3, -0.25) is 14.5 Å². The molecule has 0 aliphatic carbocycles. The standard InChI is InChI=1S/C19H27N3O4/c1-13(2)9-10-19(3)17(24)22(18(25)21-19)12-16(23)20-11-14-5-7-15(26-4)8-6-14/h5-8,13H,9-12H2,1-4H3,(H,20,23)(H,21,25). The number of hydrogen-bond acceptors (Lipinski definition) is 4. The summed E-state index contributed by atoms with van der Waals surface area (Å²) in [6.07, 6.45) is 1.37. The van der Waals surface area contributed by atoms with E-state index in [1.54, 1.807) is 26.2 Å². The minimum Gasteiger partial charge on any atom is -0.497 e. The highest BCUT2D eigenvalue weighted by molar-refractivity contribution is 6.08. The Morgan fingerprint density at radius 3 is 2.50 bits per heavy atom. The number of ether oxygens (including phenoxy) is 1. The first kappa shape index (κ1) is 19.8. The first-order chi connectivity index (χ1) is 12.2. The van der Waals surface area contributed by atoms with E-state index in [4.69, 9.17) is 4.74 Å². The Labute approximate surface area is 154 Å². The fourth-order valence-corrected chi connectivity index (χ4v) is 2.78. The van der Waals surface area contributed by atoms with Crippen molar-refractivity contribution in [1.82, 2.24) is 15.5 Å². The van der Waals surface area contributed by atoms with E-state index < -0.39 is 11.6 Å². The number of rotatable bonds is 8. The van der Waals surface area contributed by atoms with Crippen LogP contribution in [-0.2, 0) is 16.1 Å². The van der Waals surface area contributed by atoms with E-state index >= 15 is 0 Å². The molecule has 1 atom stereocenters. The maximum absolute atomic E-state index is 12.6. The molecule has 2 N–H and O–H groups in total. The zero-order valence-electron chi connectivity index (χ0n) is 15.8. The molecule has 1 unspecified atom stereocenters. The molecule has 1 aromatic rings. The molecule has 7 heteroatoms. The highest BCUT2D eigenvalue weighted by atomic mass is 16.5. The fourth-order valence-electron chi connectivity index (χ4n) is 2.78. The zero-order chi connectivity index (χ0) is 19.3. The van der Waals surface area contributed by atoms with E-state index in [1.807, 2.05) is 12.1 Å². The molecular formula is C19H27N3O4. The van der Waals surface area contributed by atoms with Crippen LogP contribution < -0.4 is 15.4 Å². The molecule has 0 spiro atoms. The van der Waals surface area contributed by atoms with Crippen LogP contribution in [0.15, 0.2) is 24.3 Å². The average molecular weight is 361 g/mol. The zero-order valence-corrected chi connectivity index (χ0v) is 15.8. The van der Waals surface area contributed by atoms with Crippen LogP contribution in [0.2, 0.25) is 0 Å². The van der Waals surface area contributed by atoms with Gasteiger partial charge in [-0.2, -0.15) is 0 Å². The van der Waals surface area contributed by atoms with Gasteiger partial charge in [0.2, 0.25) is 5.91 Å². The van der Waals surface area contributed by atoms with E-state index in [2.05, 4.69) is 24.5 Å². The molecule has 0 radical (unpaired) electrons. The van der Waals surface area contributed by atoms with Crippen LogP contribution >= 0.6 is 0 Å². The lowest BCUT2D eigenvalue weighted by atomic mass is 9.92. The van der Waals surface area contributed by atoms with Crippen molar-refractivity contribution < 1.29 is 19.1 Å². The summed E-state index contributed by atoms with van der Waals surface area (Å²) >= 11 is 0. The van der Waals surface area contributed by atoms with Crippen LogP contribution in [0, 0.1) is 5.92 Å². The second-order valence-corrected chi connectivity index (χ2v) is 7.21. The lowest BCUT2D eigenvalue weighted by molar-refractivity contribution is -0.134. The molecule has 1 heterocycles. The van der Waals surface area contributed by atoms with Gasteiger partial charge in [-0.05, 0) is 43.4 Å². The third-order valence-corrected chi connectivity index (χ3v) is 4.52. The van der Waals surface area contributed by atoms with Gasteiger partial charge in [0, 0.05) is 6.54 Å². The molecule has 0 aromatic heterocycles. The van der Waals surface area contributed by atoms with E-state index in [0.29, 0.717) is 18.9 Å². The molecular weight excluding hydrogens is 334 g/mol. The quantitative estimate of drug-likeness (QED) is 0.694. The number of urea groups is 1. The Kier molecular flexibility index (Phi) is 6.23. The van der Waals surface area contributed by atoms with E-state index in [1.165, 1.54) is 0 Å². The Bertz CT molecular complexity index is 672. The summed E-state index contributed by atoms with van der Waals surface area (Å²) in [4.78, 5) is 37.8. The van der Waals surface area contributed by atoms with Gasteiger partial charge in [0.15, 0.2) is 0 Å². The molecule has 0 saturated carbocycles. The Morgan fingerprint density at radius 2 is 1.92 bits per heavy atom. The van der Waals surface area contributed by atoms with Crippen LogP contribution in [0.1, 0.15) is 39.2 Å². The number of benzene rings is 1. The summed E-state index contributed by atoms with van der Waals surface area (Å²) < 4.78 is 5.09. The number of imide groups is 1. The van der Waals surface area contributed by atoms with Crippen molar-refractivity contribution in [3.8, 4) is 5.75 Å². The number of nitrogens with one attached hydrogen (secondary N) is 2. The first-order valence-electron chi connectivity index (χ1n) is 8.79. The topological polar surface area (TPSA) is 87.7 Å². The van der Waals surface area contributed by atoms with Crippen LogP contribution in [-0.4, -0.2) is 41.9 Å². The molecule has 2 rings (SSSR count). The highest BCUT2D eigenvalue weighted by Crippen LogP contribution is 2.24. The van der Waals surface area contributed by atoms with Crippen molar-refractivity contribution in [3.05, 3.63) is 29.8 Å². The van der Waals surface area contributed by atoms with Gasteiger partial charge >= 0.3 is 6.03 Å². The van der Waals surface area contributed by atoms with Crippen LogP contribution in [0.25, 0.3) is 0 Å². The minimum absolute atomic E-state index is 0.280. The largest absolute Gasteiger partial charge is 0.497 e. The maximum atomic E-state index is 12.6. The average Bonchev–Trinajstić information content (AvgIpc) is 2.82. The summed E-state index contributed by atoms with van der Waals surface area (Å²) in [5.41, 5.74) is -0.0319. The van der Waals surface area contributed by atoms with E-state index in [-0.39, 0.29) is 18.4 Å². The van der Waals surface area contributed by atoms with Crippen molar-refractivity contribution in [2.45, 2.75) is 45.7 Å². The molecule has 26 heavy (non-hydrogen) atoms. The van der Waals surface area contributed by atoms with Gasteiger partial charge in [-0.25, -0.2) is 4.79 Å². The summed E-state index contributed by atoms with van der Waals surface area (Å²) in [6, 6.07) is 6.78. The first-order valence-corrected chi connectivity index (χ1v) is 8.79. The highest BCUT2D eigenvalue weighted by Gasteiger charge is 2.47. The molecule has 1 saturated heterocycles. The molecule has 4 amide bonds. The lowest BCUT2D eigenvalue weighted by Crippen LogP contribution is -2.45. The van der Waals surface area contributed by atoms with Gasteiger partial charge in [-0.15, -0.1) is 0 Å². The predicted octanol–water partition coefficient (Wildman–Crippen LogP) is 2.06. The van der Waals surface area contributed by atoms with E-state index in [9.17, 15) is 14.4 Å². The van der Waals surface area contributed by atoms with Gasteiger partial charge in [0.1, 0.15) is 17.8 Å². The van der Waals surface area contributed by atoms with E-state index in [0.717, 1.165) is 22.6 Å². The van der Waals surface area contributed by atoms with Gasteiger partial charge in [-0.1, -0.05) is 26.0 Å². The second kappa shape index (κ2) is 8.21. The van der Waals surface area contributed by atoms with Crippen molar-refractivity contribution in [2.75, 3.05) is 13.7 Å². The lowest BCUT2D eigenvalue weighted by Gasteiger charge is -2.22. The Balaban J connectivity index is 1.89. The SMILES string of the molecule is COc1ccc(CNC(=O)CN2C(=O)NC(C)(CCC(C)C)C2=O)cc1. The van der Waals surface area contributed by atoms with Crippen molar-refractivity contribution >= 4 is 17.8 Å². The minimum atomic E-state index is -0.933. The number of carbonyl (C=O) groups is 3. The molecule has 1 aliphatic heterocycles. The van der Waals surface area contributed by atoms with Crippen LogP contribution in [0.3, 0.4) is 0 Å². The summed E-state index contributed by atoms with van der Waals surface area (Å²) in [6.45, 7) is 5.88. The summed E-state index contributed by atoms with van der Waals surface area (Å²) in [5.74, 6) is 0.443. The smallest absolute Gasteiger partial charge is 0.325 e. The normalized spacial score (nSPS) is 19.7. The number of methoxy groups -OCH3 is 1. The monoisotopic (exact) mass is 361 g/mol. The van der Waals surface area contributed by atoms with Crippen molar-refractivity contribution in [1.29, 1.82) is 0 Å². The van der Waals surface area contributed by atoms with Gasteiger partial charge in [0.25, 0.3) is 5.91 Å². The number of hydrogen-bond donors (Lipinski definition) is 2. The molecule has 1 fully saturated rings. The number of amides is 4. The molecule has 142 valence electrons. The van der Waals surface area contributed by atoms with Crippen molar-refractivity contribution in [3.63, 3.8) is 0 Å². The third-order valence-electron chi connectivity index (χ3n) is 4.52. The fraction of sp³-hybridized carbons (Fsp3) is 0.526. The van der Waals surface area contributed by atoms with Crippen LogP contribution in [0.5, 0.6) is 5.75 Å². The Hall–Kier alpha value is -2.57. The van der Waals surface area contributed by atoms with Gasteiger partial charge < -0.3 is 15.4 Å². The molecule has 1 aromatic carbocycles.